The van der Waals surface area contributed by atoms with E-state index in [9.17, 15) is 10.1 Å². The number of carbonyl (C=O) groups excluding carboxylic acids is 1. The number of aromatic nitrogens is 1. The standard InChI is InChI=1S/C20H22N2O3/c1-14-10-17(16(3)22(14)19-8-6-5-7-9-19)11-18(12-21)20(23)25-15(2)13-24-4/h5-11,15H,13H2,1-4H3/b18-11+/t15-/m1/s1. The molecule has 25 heavy (non-hydrogen) atoms. The van der Waals surface area contributed by atoms with Crippen LogP contribution in [-0.2, 0) is 14.3 Å². The topological polar surface area (TPSA) is 64.2 Å². The van der Waals surface area contributed by atoms with Gasteiger partial charge in [0.2, 0.25) is 0 Å². The SMILES string of the molecule is COC[C@@H](C)OC(=O)/C(C#N)=C/c1cc(C)n(-c2ccccc2)c1C. The molecule has 1 heterocycles. The minimum Gasteiger partial charge on any atom is -0.456 e. The van der Waals surface area contributed by atoms with Gasteiger partial charge in [0.1, 0.15) is 17.7 Å². The van der Waals surface area contributed by atoms with Gasteiger partial charge in [-0.3, -0.25) is 0 Å². The number of rotatable bonds is 6. The van der Waals surface area contributed by atoms with Crippen LogP contribution in [0.3, 0.4) is 0 Å². The van der Waals surface area contributed by atoms with Gasteiger partial charge in [-0.2, -0.15) is 5.26 Å². The van der Waals surface area contributed by atoms with Gasteiger partial charge in [-0.05, 0) is 50.6 Å². The molecule has 2 aromatic rings. The molecule has 2 rings (SSSR count). The normalized spacial score (nSPS) is 12.5. The van der Waals surface area contributed by atoms with Gasteiger partial charge in [0.05, 0.1) is 6.61 Å². The molecular weight excluding hydrogens is 316 g/mol. The molecule has 0 spiro atoms. The van der Waals surface area contributed by atoms with Crippen LogP contribution in [0.25, 0.3) is 11.8 Å². The second-order valence-electron chi connectivity index (χ2n) is 5.84. The number of ether oxygens (including phenoxy) is 2. The quantitative estimate of drug-likeness (QED) is 0.459. The first kappa shape index (κ1) is 18.5. The van der Waals surface area contributed by atoms with Crippen LogP contribution in [0.5, 0.6) is 0 Å². The third kappa shape index (κ3) is 4.37. The van der Waals surface area contributed by atoms with Crippen molar-refractivity contribution in [2.45, 2.75) is 26.9 Å². The number of hydrogen-bond donors (Lipinski definition) is 0. The molecule has 0 aliphatic rings. The molecular formula is C20H22N2O3. The first-order valence-electron chi connectivity index (χ1n) is 8.04. The van der Waals surface area contributed by atoms with E-state index in [1.807, 2.05) is 56.3 Å². The molecule has 0 unspecified atom stereocenters. The number of benzene rings is 1. The average molecular weight is 338 g/mol. The Morgan fingerprint density at radius 3 is 2.60 bits per heavy atom. The minimum absolute atomic E-state index is 0.0312. The molecule has 130 valence electrons. The Hall–Kier alpha value is -2.84. The van der Waals surface area contributed by atoms with Crippen LogP contribution in [0.4, 0.5) is 0 Å². The summed E-state index contributed by atoms with van der Waals surface area (Å²) in [6.07, 6.45) is 1.16. The Bertz CT molecular complexity index is 813. The van der Waals surface area contributed by atoms with E-state index in [4.69, 9.17) is 9.47 Å². The molecule has 0 radical (unpaired) electrons. The zero-order chi connectivity index (χ0) is 18.4. The lowest BCUT2D eigenvalue weighted by atomic mass is 10.1. The van der Waals surface area contributed by atoms with Crippen LogP contribution in [0.2, 0.25) is 0 Å². The number of nitrogens with zero attached hydrogens (tertiary/aromatic N) is 2. The summed E-state index contributed by atoms with van der Waals surface area (Å²) in [6, 6.07) is 13.8. The average Bonchev–Trinajstić information content (AvgIpc) is 2.87. The van der Waals surface area contributed by atoms with Crippen LogP contribution in [0.15, 0.2) is 42.0 Å². The smallest absolute Gasteiger partial charge is 0.349 e. The van der Waals surface area contributed by atoms with Gasteiger partial charge in [0.25, 0.3) is 0 Å². The number of methoxy groups -OCH3 is 1. The van der Waals surface area contributed by atoms with Crippen molar-refractivity contribution in [2.75, 3.05) is 13.7 Å². The zero-order valence-electron chi connectivity index (χ0n) is 14.9. The second-order valence-corrected chi connectivity index (χ2v) is 5.84. The lowest BCUT2D eigenvalue weighted by Gasteiger charge is -2.11. The molecule has 0 bridgehead atoms. The van der Waals surface area contributed by atoms with Crippen LogP contribution in [0.1, 0.15) is 23.9 Å². The summed E-state index contributed by atoms with van der Waals surface area (Å²) >= 11 is 0. The summed E-state index contributed by atoms with van der Waals surface area (Å²) < 4.78 is 12.2. The van der Waals surface area contributed by atoms with E-state index in [-0.39, 0.29) is 12.2 Å². The highest BCUT2D eigenvalue weighted by Crippen LogP contribution is 2.23. The van der Waals surface area contributed by atoms with Gasteiger partial charge >= 0.3 is 5.97 Å². The van der Waals surface area contributed by atoms with Crippen molar-refractivity contribution in [1.82, 2.24) is 4.57 Å². The van der Waals surface area contributed by atoms with Crippen molar-refractivity contribution in [2.24, 2.45) is 0 Å². The summed E-state index contributed by atoms with van der Waals surface area (Å²) in [4.78, 5) is 12.2. The van der Waals surface area contributed by atoms with E-state index in [1.54, 1.807) is 13.0 Å². The van der Waals surface area contributed by atoms with E-state index >= 15 is 0 Å². The Morgan fingerprint density at radius 1 is 1.32 bits per heavy atom. The first-order chi connectivity index (χ1) is 12.0. The predicted molar refractivity (Wildman–Crippen MR) is 96.3 cm³/mol. The van der Waals surface area contributed by atoms with Crippen molar-refractivity contribution in [1.29, 1.82) is 5.26 Å². The summed E-state index contributed by atoms with van der Waals surface area (Å²) in [6.45, 7) is 5.95. The van der Waals surface area contributed by atoms with Gasteiger partial charge in [0.15, 0.2) is 0 Å². The molecule has 0 saturated heterocycles. The van der Waals surface area contributed by atoms with Gasteiger partial charge in [-0.1, -0.05) is 18.2 Å². The zero-order valence-corrected chi connectivity index (χ0v) is 14.9. The molecule has 0 amide bonds. The Balaban J connectivity index is 2.33. The fraction of sp³-hybridized carbons (Fsp3) is 0.300. The highest BCUT2D eigenvalue weighted by Gasteiger charge is 2.17. The number of esters is 1. The maximum Gasteiger partial charge on any atom is 0.349 e. The lowest BCUT2D eigenvalue weighted by Crippen LogP contribution is -2.20. The lowest BCUT2D eigenvalue weighted by molar-refractivity contribution is -0.145. The number of aryl methyl sites for hydroxylation is 1. The molecule has 0 saturated carbocycles. The molecule has 0 fully saturated rings. The molecule has 1 aromatic carbocycles. The number of hydrogen-bond acceptors (Lipinski definition) is 4. The predicted octanol–water partition coefficient (Wildman–Crippen LogP) is 3.58. The summed E-state index contributed by atoms with van der Waals surface area (Å²) in [5.41, 5.74) is 3.79. The highest BCUT2D eigenvalue weighted by atomic mass is 16.6. The minimum atomic E-state index is -0.642. The van der Waals surface area contributed by atoms with Gasteiger partial charge in [0, 0.05) is 24.2 Å². The molecule has 1 aromatic heterocycles. The van der Waals surface area contributed by atoms with Crippen LogP contribution < -0.4 is 0 Å². The van der Waals surface area contributed by atoms with Gasteiger partial charge in [-0.15, -0.1) is 0 Å². The fourth-order valence-corrected chi connectivity index (χ4v) is 2.72. The molecule has 0 N–H and O–H groups in total. The van der Waals surface area contributed by atoms with E-state index in [2.05, 4.69) is 4.57 Å². The number of nitriles is 1. The Labute approximate surface area is 148 Å². The van der Waals surface area contributed by atoms with E-state index in [0.717, 1.165) is 22.6 Å². The van der Waals surface area contributed by atoms with Crippen LogP contribution in [-0.4, -0.2) is 30.4 Å². The Morgan fingerprint density at radius 2 is 2.00 bits per heavy atom. The van der Waals surface area contributed by atoms with Crippen molar-refractivity contribution >= 4 is 12.0 Å². The van der Waals surface area contributed by atoms with Crippen molar-refractivity contribution in [3.8, 4) is 11.8 Å². The molecule has 0 aliphatic carbocycles. The highest BCUT2D eigenvalue weighted by molar-refractivity contribution is 5.98. The summed E-state index contributed by atoms with van der Waals surface area (Å²) in [5, 5.41) is 9.33. The van der Waals surface area contributed by atoms with Crippen molar-refractivity contribution in [3.05, 3.63) is 58.9 Å². The summed E-state index contributed by atoms with van der Waals surface area (Å²) in [5.74, 6) is -0.642. The van der Waals surface area contributed by atoms with Crippen LogP contribution >= 0.6 is 0 Å². The van der Waals surface area contributed by atoms with Gasteiger partial charge < -0.3 is 14.0 Å². The third-order valence-corrected chi connectivity index (χ3v) is 3.83. The molecule has 0 aliphatic heterocycles. The maximum atomic E-state index is 12.2. The largest absolute Gasteiger partial charge is 0.456 e. The van der Waals surface area contributed by atoms with E-state index < -0.39 is 12.1 Å². The van der Waals surface area contributed by atoms with Crippen molar-refractivity contribution < 1.29 is 14.3 Å². The Kier molecular flexibility index (Phi) is 6.15. The first-order valence-corrected chi connectivity index (χ1v) is 8.04. The van der Waals surface area contributed by atoms with Crippen molar-refractivity contribution in [3.63, 3.8) is 0 Å². The molecule has 5 heteroatoms. The van der Waals surface area contributed by atoms with Crippen LogP contribution in [0, 0.1) is 25.2 Å². The second kappa shape index (κ2) is 8.32. The number of para-hydroxylation sites is 1. The third-order valence-electron chi connectivity index (χ3n) is 3.83. The van der Waals surface area contributed by atoms with E-state index in [0.29, 0.717) is 0 Å². The molecule has 1 atom stereocenters. The maximum absolute atomic E-state index is 12.2. The monoisotopic (exact) mass is 338 g/mol. The number of carbonyl (C=O) groups is 1. The molecule has 5 nitrogen and oxygen atoms in total. The summed E-state index contributed by atoms with van der Waals surface area (Å²) in [7, 11) is 1.53. The van der Waals surface area contributed by atoms with Gasteiger partial charge in [-0.25, -0.2) is 4.79 Å². The fourth-order valence-electron chi connectivity index (χ4n) is 2.72. The van der Waals surface area contributed by atoms with E-state index in [1.165, 1.54) is 7.11 Å².